The van der Waals surface area contributed by atoms with Crippen LogP contribution in [0.5, 0.6) is 0 Å². The van der Waals surface area contributed by atoms with E-state index in [4.69, 9.17) is 0 Å². The Balaban J connectivity index is 1.60. The predicted octanol–water partition coefficient (Wildman–Crippen LogP) is 6.05. The zero-order chi connectivity index (χ0) is 22.0. The van der Waals surface area contributed by atoms with E-state index in [1.165, 1.54) is 23.0 Å². The monoisotopic (exact) mass is 491 g/mol. The summed E-state index contributed by atoms with van der Waals surface area (Å²) in [6.07, 6.45) is -4.40. The molecule has 1 aromatic heterocycles. The molecule has 0 bridgehead atoms. The highest BCUT2D eigenvalue weighted by atomic mass is 79.9. The maximum Gasteiger partial charge on any atom is 0.416 e. The summed E-state index contributed by atoms with van der Waals surface area (Å²) in [7, 11) is 0. The number of aromatic nitrogens is 4. The molecule has 3 aromatic carbocycles. The SMILES string of the molecule is Fc1ccccc1Cn1nnc(-c2cc(Br)ccc2Nc2ccc(C(F)(F)F)cc2)n1. The zero-order valence-corrected chi connectivity index (χ0v) is 17.3. The van der Waals surface area contributed by atoms with E-state index in [9.17, 15) is 17.6 Å². The molecule has 0 aliphatic rings. The van der Waals surface area contributed by atoms with Gasteiger partial charge in [0.05, 0.1) is 12.1 Å². The summed E-state index contributed by atoms with van der Waals surface area (Å²) in [4.78, 5) is 1.27. The number of tetrazole rings is 1. The molecule has 0 amide bonds. The largest absolute Gasteiger partial charge is 0.416 e. The number of benzene rings is 3. The lowest BCUT2D eigenvalue weighted by Gasteiger charge is -2.12. The van der Waals surface area contributed by atoms with Gasteiger partial charge < -0.3 is 5.32 Å². The molecule has 0 radical (unpaired) electrons. The molecular formula is C21H14BrF4N5. The fraction of sp³-hybridized carbons (Fsp3) is 0.0952. The number of rotatable bonds is 5. The van der Waals surface area contributed by atoms with Gasteiger partial charge in [0.2, 0.25) is 5.82 Å². The highest BCUT2D eigenvalue weighted by molar-refractivity contribution is 9.10. The van der Waals surface area contributed by atoms with Crippen LogP contribution in [0.25, 0.3) is 11.4 Å². The summed E-state index contributed by atoms with van der Waals surface area (Å²) in [5.74, 6) is -0.0829. The summed E-state index contributed by atoms with van der Waals surface area (Å²) in [5.41, 5.74) is 1.31. The van der Waals surface area contributed by atoms with Gasteiger partial charge in [-0.2, -0.15) is 18.0 Å². The Morgan fingerprint density at radius 2 is 1.71 bits per heavy atom. The first-order valence-corrected chi connectivity index (χ1v) is 9.84. The molecule has 5 nitrogen and oxygen atoms in total. The van der Waals surface area contributed by atoms with Gasteiger partial charge in [-0.05, 0) is 53.7 Å². The lowest BCUT2D eigenvalue weighted by Crippen LogP contribution is -2.05. The van der Waals surface area contributed by atoms with Crippen LogP contribution < -0.4 is 5.32 Å². The molecule has 1 N–H and O–H groups in total. The van der Waals surface area contributed by atoms with Crippen molar-refractivity contribution in [3.63, 3.8) is 0 Å². The maximum atomic E-state index is 13.9. The number of hydrogen-bond acceptors (Lipinski definition) is 4. The molecule has 31 heavy (non-hydrogen) atoms. The number of hydrogen-bond donors (Lipinski definition) is 1. The fourth-order valence-corrected chi connectivity index (χ4v) is 3.27. The van der Waals surface area contributed by atoms with Crippen molar-refractivity contribution in [2.75, 3.05) is 5.32 Å². The minimum Gasteiger partial charge on any atom is -0.355 e. The normalized spacial score (nSPS) is 11.5. The van der Waals surface area contributed by atoms with Gasteiger partial charge in [0.25, 0.3) is 0 Å². The average Bonchev–Trinajstić information content (AvgIpc) is 3.19. The lowest BCUT2D eigenvalue weighted by atomic mass is 10.1. The smallest absolute Gasteiger partial charge is 0.355 e. The van der Waals surface area contributed by atoms with Crippen LogP contribution in [0.2, 0.25) is 0 Å². The summed E-state index contributed by atoms with van der Waals surface area (Å²) in [6.45, 7) is 0.106. The van der Waals surface area contributed by atoms with Gasteiger partial charge in [-0.3, -0.25) is 0 Å². The Morgan fingerprint density at radius 3 is 2.42 bits per heavy atom. The Labute approximate surface area is 182 Å². The van der Waals surface area contributed by atoms with Crippen LogP contribution in [0.1, 0.15) is 11.1 Å². The molecule has 0 aliphatic heterocycles. The molecule has 0 aliphatic carbocycles. The first kappa shape index (κ1) is 21.0. The second kappa shape index (κ2) is 8.46. The van der Waals surface area contributed by atoms with Gasteiger partial charge in [-0.1, -0.05) is 34.1 Å². The molecular weight excluding hydrogens is 478 g/mol. The quantitative estimate of drug-likeness (QED) is 0.345. The Morgan fingerprint density at radius 1 is 0.968 bits per heavy atom. The van der Waals surface area contributed by atoms with Crippen molar-refractivity contribution >= 4 is 27.3 Å². The molecule has 0 saturated carbocycles. The third-order valence-corrected chi connectivity index (χ3v) is 4.93. The zero-order valence-electron chi connectivity index (χ0n) is 15.7. The summed E-state index contributed by atoms with van der Waals surface area (Å²) < 4.78 is 53.0. The topological polar surface area (TPSA) is 55.6 Å². The van der Waals surface area contributed by atoms with E-state index in [1.54, 1.807) is 36.4 Å². The Hall–Kier alpha value is -3.27. The molecule has 0 saturated heterocycles. The van der Waals surface area contributed by atoms with Crippen LogP contribution >= 0.6 is 15.9 Å². The molecule has 1 heterocycles. The van der Waals surface area contributed by atoms with Crippen LogP contribution in [0.4, 0.5) is 28.9 Å². The number of nitrogens with one attached hydrogen (secondary N) is 1. The predicted molar refractivity (Wildman–Crippen MR) is 111 cm³/mol. The summed E-state index contributed by atoms with van der Waals surface area (Å²) >= 11 is 3.40. The second-order valence-corrected chi connectivity index (χ2v) is 7.54. The minimum absolute atomic E-state index is 0.106. The van der Waals surface area contributed by atoms with Crippen molar-refractivity contribution in [1.82, 2.24) is 20.2 Å². The van der Waals surface area contributed by atoms with Crippen molar-refractivity contribution < 1.29 is 17.6 Å². The molecule has 4 rings (SSSR count). The highest BCUT2D eigenvalue weighted by Crippen LogP contribution is 2.33. The molecule has 0 unspecified atom stereocenters. The summed E-state index contributed by atoms with van der Waals surface area (Å²) in [6, 6.07) is 16.3. The van der Waals surface area contributed by atoms with Gasteiger partial charge in [0, 0.05) is 27.0 Å². The van der Waals surface area contributed by atoms with Crippen LogP contribution in [0, 0.1) is 5.82 Å². The van der Waals surface area contributed by atoms with E-state index in [2.05, 4.69) is 36.7 Å². The van der Waals surface area contributed by atoms with E-state index in [-0.39, 0.29) is 18.2 Å². The highest BCUT2D eigenvalue weighted by Gasteiger charge is 2.30. The average molecular weight is 492 g/mol. The fourth-order valence-electron chi connectivity index (χ4n) is 2.91. The first-order chi connectivity index (χ1) is 14.8. The van der Waals surface area contributed by atoms with Crippen LogP contribution in [-0.4, -0.2) is 20.2 Å². The van der Waals surface area contributed by atoms with E-state index < -0.39 is 11.7 Å². The molecule has 158 valence electrons. The lowest BCUT2D eigenvalue weighted by molar-refractivity contribution is -0.137. The third-order valence-electron chi connectivity index (χ3n) is 4.44. The Bertz CT molecular complexity index is 1210. The molecule has 0 spiro atoms. The van der Waals surface area contributed by atoms with Crippen LogP contribution in [-0.2, 0) is 12.7 Å². The van der Waals surface area contributed by atoms with E-state index in [0.29, 0.717) is 22.5 Å². The van der Waals surface area contributed by atoms with Crippen LogP contribution in [0.15, 0.2) is 71.2 Å². The molecule has 0 fully saturated rings. The number of anilines is 2. The summed E-state index contributed by atoms with van der Waals surface area (Å²) in [5, 5.41) is 15.4. The third kappa shape index (κ3) is 4.91. The molecule has 0 atom stereocenters. The van der Waals surface area contributed by atoms with E-state index >= 15 is 0 Å². The van der Waals surface area contributed by atoms with Gasteiger partial charge in [-0.25, -0.2) is 4.39 Å². The van der Waals surface area contributed by atoms with Gasteiger partial charge >= 0.3 is 6.18 Å². The van der Waals surface area contributed by atoms with Crippen molar-refractivity contribution in [1.29, 1.82) is 0 Å². The Kier molecular flexibility index (Phi) is 5.73. The van der Waals surface area contributed by atoms with Crippen molar-refractivity contribution in [3.05, 3.63) is 88.1 Å². The minimum atomic E-state index is -4.40. The molecule has 4 aromatic rings. The van der Waals surface area contributed by atoms with Gasteiger partial charge in [-0.15, -0.1) is 10.2 Å². The van der Waals surface area contributed by atoms with Crippen LogP contribution in [0.3, 0.4) is 0 Å². The standard InChI is InChI=1S/C21H14BrF4N5/c22-15-7-10-19(27-16-8-5-14(6-9-16)21(24,25)26)17(11-15)20-28-30-31(29-20)12-13-3-1-2-4-18(13)23/h1-11,27H,12H2. The van der Waals surface area contributed by atoms with Crippen molar-refractivity contribution in [3.8, 4) is 11.4 Å². The second-order valence-electron chi connectivity index (χ2n) is 6.62. The number of halogens is 5. The van der Waals surface area contributed by atoms with Crippen molar-refractivity contribution in [2.45, 2.75) is 12.7 Å². The number of nitrogens with zero attached hydrogens (tertiary/aromatic N) is 4. The first-order valence-electron chi connectivity index (χ1n) is 9.05. The van der Waals surface area contributed by atoms with E-state index in [0.717, 1.165) is 16.6 Å². The maximum absolute atomic E-state index is 13.9. The molecule has 10 heteroatoms. The van der Waals surface area contributed by atoms with Gasteiger partial charge in [0.15, 0.2) is 0 Å². The number of alkyl halides is 3. The van der Waals surface area contributed by atoms with Crippen molar-refractivity contribution in [2.24, 2.45) is 0 Å². The van der Waals surface area contributed by atoms with E-state index in [1.807, 2.05) is 0 Å². The van der Waals surface area contributed by atoms with Gasteiger partial charge in [0.1, 0.15) is 5.82 Å².